The lowest BCUT2D eigenvalue weighted by molar-refractivity contribution is 0.487. The van der Waals surface area contributed by atoms with Gasteiger partial charge in [-0.2, -0.15) is 0 Å². The van der Waals surface area contributed by atoms with E-state index < -0.39 is 5.41 Å². The maximum absolute atomic E-state index is 6.50. The van der Waals surface area contributed by atoms with Gasteiger partial charge in [0.25, 0.3) is 0 Å². The molecule has 1 heterocycles. The SMILES string of the molecule is c1ccc(C2(c3ccc(-c4cccc5c4-c4cccc6cccc(c46)O5)cc3)c3ccccc3-c3c2ccc2ccccc32)cc1. The average Bonchev–Trinajstić information content (AvgIpc) is 3.44. The van der Waals surface area contributed by atoms with Crippen LogP contribution in [-0.4, -0.2) is 0 Å². The van der Waals surface area contributed by atoms with E-state index in [2.05, 4.69) is 170 Å². The number of benzene rings is 8. The molecular weight excluding hydrogens is 556 g/mol. The van der Waals surface area contributed by atoms with E-state index in [0.29, 0.717) is 0 Å². The lowest BCUT2D eigenvalue weighted by Gasteiger charge is -2.34. The highest BCUT2D eigenvalue weighted by molar-refractivity contribution is 6.08. The third kappa shape index (κ3) is 3.35. The van der Waals surface area contributed by atoms with Crippen LogP contribution < -0.4 is 4.74 Å². The van der Waals surface area contributed by atoms with E-state index in [-0.39, 0.29) is 0 Å². The number of hydrogen-bond acceptors (Lipinski definition) is 1. The van der Waals surface area contributed by atoms with Crippen LogP contribution in [0.2, 0.25) is 0 Å². The standard InChI is InChI=1S/C45H28O/c1-2-14-32(15-3-1)45(38-20-7-6-17-36(38)43-34-16-5-4-11-29(34)25-28-39(43)45)33-26-23-30(24-27-33)35-18-10-22-41-44(35)37-19-8-12-31-13-9-21-40(46-41)42(31)37/h1-28H. The first kappa shape index (κ1) is 25.4. The van der Waals surface area contributed by atoms with Crippen LogP contribution in [0.5, 0.6) is 11.5 Å². The average molecular weight is 585 g/mol. The fourth-order valence-corrected chi connectivity index (χ4v) is 8.28. The summed E-state index contributed by atoms with van der Waals surface area (Å²) in [5.41, 5.74) is 12.1. The molecule has 0 spiro atoms. The van der Waals surface area contributed by atoms with Crippen LogP contribution >= 0.6 is 0 Å². The molecule has 1 unspecified atom stereocenters. The fourth-order valence-electron chi connectivity index (χ4n) is 8.28. The van der Waals surface area contributed by atoms with Crippen LogP contribution in [0.3, 0.4) is 0 Å². The summed E-state index contributed by atoms with van der Waals surface area (Å²) in [6.45, 7) is 0. The Bertz CT molecular complexity index is 2480. The highest BCUT2D eigenvalue weighted by Crippen LogP contribution is 2.58. The topological polar surface area (TPSA) is 9.23 Å². The largest absolute Gasteiger partial charge is 0.456 e. The van der Waals surface area contributed by atoms with Gasteiger partial charge < -0.3 is 4.74 Å². The summed E-state index contributed by atoms with van der Waals surface area (Å²) in [6.07, 6.45) is 0. The van der Waals surface area contributed by atoms with Gasteiger partial charge in [-0.3, -0.25) is 0 Å². The third-order valence-corrected chi connectivity index (χ3v) is 10.2. The first-order valence-corrected chi connectivity index (χ1v) is 15.9. The second-order valence-electron chi connectivity index (χ2n) is 12.4. The van der Waals surface area contributed by atoms with Crippen molar-refractivity contribution in [1.29, 1.82) is 0 Å². The molecule has 0 amide bonds. The lowest BCUT2D eigenvalue weighted by atomic mass is 9.67. The highest BCUT2D eigenvalue weighted by atomic mass is 16.5. The van der Waals surface area contributed by atoms with Crippen LogP contribution in [0.1, 0.15) is 22.3 Å². The predicted molar refractivity (Wildman–Crippen MR) is 190 cm³/mol. The molecule has 1 heteroatoms. The van der Waals surface area contributed by atoms with Gasteiger partial charge in [0.1, 0.15) is 11.5 Å². The Balaban J connectivity index is 1.21. The van der Waals surface area contributed by atoms with Crippen molar-refractivity contribution in [2.45, 2.75) is 5.41 Å². The van der Waals surface area contributed by atoms with Crippen molar-refractivity contribution in [1.82, 2.24) is 0 Å². The van der Waals surface area contributed by atoms with Crippen molar-refractivity contribution in [3.63, 3.8) is 0 Å². The molecule has 1 aliphatic carbocycles. The monoisotopic (exact) mass is 584 g/mol. The Morgan fingerprint density at radius 1 is 0.370 bits per heavy atom. The van der Waals surface area contributed by atoms with Gasteiger partial charge in [-0.05, 0) is 78.4 Å². The number of fused-ring (bicyclic) bond motifs is 7. The molecule has 1 nitrogen and oxygen atoms in total. The molecule has 0 aromatic heterocycles. The molecule has 1 atom stereocenters. The zero-order chi connectivity index (χ0) is 30.2. The second kappa shape index (κ2) is 9.54. The van der Waals surface area contributed by atoms with E-state index in [4.69, 9.17) is 4.74 Å². The minimum Gasteiger partial charge on any atom is -0.456 e. The minimum absolute atomic E-state index is 0.445. The lowest BCUT2D eigenvalue weighted by Crippen LogP contribution is -2.28. The van der Waals surface area contributed by atoms with Crippen LogP contribution in [0, 0.1) is 0 Å². The Morgan fingerprint density at radius 3 is 1.91 bits per heavy atom. The van der Waals surface area contributed by atoms with Crippen molar-refractivity contribution in [2.24, 2.45) is 0 Å². The summed E-state index contributed by atoms with van der Waals surface area (Å²) in [5, 5.41) is 4.94. The van der Waals surface area contributed by atoms with Crippen molar-refractivity contribution in [3.8, 4) is 44.9 Å². The molecule has 46 heavy (non-hydrogen) atoms. The van der Waals surface area contributed by atoms with E-state index in [1.165, 1.54) is 71.6 Å². The van der Waals surface area contributed by atoms with Gasteiger partial charge in [0.15, 0.2) is 0 Å². The van der Waals surface area contributed by atoms with E-state index in [1.54, 1.807) is 0 Å². The number of rotatable bonds is 3. The molecule has 2 aliphatic rings. The van der Waals surface area contributed by atoms with Gasteiger partial charge in [0.2, 0.25) is 0 Å². The molecule has 8 aromatic carbocycles. The molecule has 1 aliphatic heterocycles. The highest BCUT2D eigenvalue weighted by Gasteiger charge is 2.46. The normalized spacial score (nSPS) is 15.7. The van der Waals surface area contributed by atoms with Gasteiger partial charge in [-0.1, -0.05) is 158 Å². The van der Waals surface area contributed by atoms with Crippen LogP contribution in [0.15, 0.2) is 170 Å². The smallest absolute Gasteiger partial charge is 0.135 e. The van der Waals surface area contributed by atoms with Crippen LogP contribution in [0.4, 0.5) is 0 Å². The van der Waals surface area contributed by atoms with E-state index in [9.17, 15) is 0 Å². The second-order valence-corrected chi connectivity index (χ2v) is 12.4. The third-order valence-electron chi connectivity index (χ3n) is 10.2. The van der Waals surface area contributed by atoms with Gasteiger partial charge in [-0.25, -0.2) is 0 Å². The Morgan fingerprint density at radius 2 is 1.02 bits per heavy atom. The summed E-state index contributed by atoms with van der Waals surface area (Å²) in [4.78, 5) is 0. The molecule has 10 rings (SSSR count). The van der Waals surface area contributed by atoms with E-state index >= 15 is 0 Å². The van der Waals surface area contributed by atoms with Crippen molar-refractivity contribution in [2.75, 3.05) is 0 Å². The molecule has 0 saturated heterocycles. The molecule has 0 saturated carbocycles. The maximum atomic E-state index is 6.50. The molecule has 0 N–H and O–H groups in total. The number of ether oxygens (including phenoxy) is 1. The molecular formula is C45H28O. The van der Waals surface area contributed by atoms with Crippen molar-refractivity contribution >= 4 is 21.5 Å². The summed E-state index contributed by atoms with van der Waals surface area (Å²) < 4.78 is 6.50. The summed E-state index contributed by atoms with van der Waals surface area (Å²) in [7, 11) is 0. The first-order chi connectivity index (χ1) is 22.8. The molecule has 214 valence electrons. The number of hydrogen-bond donors (Lipinski definition) is 0. The van der Waals surface area contributed by atoms with Gasteiger partial charge in [0, 0.05) is 10.9 Å². The zero-order valence-corrected chi connectivity index (χ0v) is 25.1. The Hall–Kier alpha value is -5.92. The minimum atomic E-state index is -0.445. The molecule has 0 radical (unpaired) electrons. The molecule has 0 fully saturated rings. The van der Waals surface area contributed by atoms with Crippen molar-refractivity contribution in [3.05, 3.63) is 192 Å². The quantitative estimate of drug-likeness (QED) is 0.201. The molecule has 0 bridgehead atoms. The predicted octanol–water partition coefficient (Wildman–Crippen LogP) is 11.8. The summed E-state index contributed by atoms with van der Waals surface area (Å²) >= 11 is 0. The zero-order valence-electron chi connectivity index (χ0n) is 25.1. The van der Waals surface area contributed by atoms with Crippen LogP contribution in [-0.2, 0) is 5.41 Å². The van der Waals surface area contributed by atoms with Gasteiger partial charge in [0.05, 0.1) is 5.41 Å². The van der Waals surface area contributed by atoms with Gasteiger partial charge >= 0.3 is 0 Å². The fraction of sp³-hybridized carbons (Fsp3) is 0.0222. The Labute approximate surface area is 268 Å². The summed E-state index contributed by atoms with van der Waals surface area (Å²) in [5.74, 6) is 1.82. The summed E-state index contributed by atoms with van der Waals surface area (Å²) in [6, 6.07) is 62.0. The molecule has 8 aromatic rings. The Kier molecular flexibility index (Phi) is 5.27. The van der Waals surface area contributed by atoms with Gasteiger partial charge in [-0.15, -0.1) is 0 Å². The first-order valence-electron chi connectivity index (χ1n) is 15.9. The van der Waals surface area contributed by atoms with E-state index in [1.807, 2.05) is 0 Å². The van der Waals surface area contributed by atoms with Crippen LogP contribution in [0.25, 0.3) is 54.9 Å². The van der Waals surface area contributed by atoms with Crippen molar-refractivity contribution < 1.29 is 4.74 Å². The maximum Gasteiger partial charge on any atom is 0.135 e. The van der Waals surface area contributed by atoms with E-state index in [0.717, 1.165) is 17.1 Å².